The number of hydrogen-bond donors (Lipinski definition) is 1. The van der Waals surface area contributed by atoms with E-state index in [9.17, 15) is 9.59 Å². The van der Waals surface area contributed by atoms with Crippen LogP contribution in [0.1, 0.15) is 48.0 Å². The lowest BCUT2D eigenvalue weighted by molar-refractivity contribution is 0.0610. The molecule has 1 aromatic heterocycles. The standard InChI is InChI=1S/C24H26N2O3/c1-29-22-14-8-6-12-20(22)24(28)26(19-10-3-2-4-11-19)16-18-15-17-9-5-7-13-21(17)25-23(18)27/h5-9,12-15,19H,2-4,10-11,16H2,1H3,(H,25,27). The molecule has 4 rings (SSSR count). The van der Waals surface area contributed by atoms with Gasteiger partial charge in [0.15, 0.2) is 0 Å². The van der Waals surface area contributed by atoms with Crippen LogP contribution in [0, 0.1) is 0 Å². The molecule has 29 heavy (non-hydrogen) atoms. The summed E-state index contributed by atoms with van der Waals surface area (Å²) in [6.45, 7) is 0.293. The number of aromatic nitrogens is 1. The van der Waals surface area contributed by atoms with Crippen molar-refractivity contribution in [3.8, 4) is 5.75 Å². The molecule has 0 unspecified atom stereocenters. The van der Waals surface area contributed by atoms with Crippen molar-refractivity contribution >= 4 is 16.8 Å². The highest BCUT2D eigenvalue weighted by molar-refractivity contribution is 5.97. The van der Waals surface area contributed by atoms with E-state index in [0.29, 0.717) is 23.4 Å². The summed E-state index contributed by atoms with van der Waals surface area (Å²) in [5, 5.41) is 0.968. The van der Waals surface area contributed by atoms with Gasteiger partial charge in [-0.05, 0) is 42.5 Å². The van der Waals surface area contributed by atoms with Gasteiger partial charge in [-0.15, -0.1) is 0 Å². The molecule has 0 spiro atoms. The number of nitrogens with one attached hydrogen (secondary N) is 1. The summed E-state index contributed by atoms with van der Waals surface area (Å²) in [6.07, 6.45) is 5.34. The molecule has 2 aromatic carbocycles. The number of nitrogens with zero attached hydrogens (tertiary/aromatic N) is 1. The number of benzene rings is 2. The predicted molar refractivity (Wildman–Crippen MR) is 114 cm³/mol. The van der Waals surface area contributed by atoms with Crippen molar-refractivity contribution in [1.29, 1.82) is 0 Å². The predicted octanol–water partition coefficient (Wildman–Crippen LogP) is 4.51. The van der Waals surface area contributed by atoms with Crippen molar-refractivity contribution in [2.24, 2.45) is 0 Å². The Hall–Kier alpha value is -3.08. The van der Waals surface area contributed by atoms with Gasteiger partial charge in [-0.3, -0.25) is 9.59 Å². The van der Waals surface area contributed by atoms with E-state index in [1.165, 1.54) is 6.42 Å². The van der Waals surface area contributed by atoms with E-state index < -0.39 is 0 Å². The first-order valence-electron chi connectivity index (χ1n) is 10.2. The highest BCUT2D eigenvalue weighted by atomic mass is 16.5. The SMILES string of the molecule is COc1ccccc1C(=O)N(Cc1cc2ccccc2[nH]c1=O)C1CCCCC1. The van der Waals surface area contributed by atoms with E-state index in [-0.39, 0.29) is 17.5 Å². The summed E-state index contributed by atoms with van der Waals surface area (Å²) >= 11 is 0. The minimum Gasteiger partial charge on any atom is -0.496 e. The highest BCUT2D eigenvalue weighted by Gasteiger charge is 2.28. The van der Waals surface area contributed by atoms with Gasteiger partial charge < -0.3 is 14.6 Å². The Balaban J connectivity index is 1.72. The number of carbonyl (C=O) groups excluding carboxylic acids is 1. The van der Waals surface area contributed by atoms with Crippen LogP contribution >= 0.6 is 0 Å². The molecule has 0 radical (unpaired) electrons. The first kappa shape index (κ1) is 19.2. The Kier molecular flexibility index (Phi) is 5.65. The van der Waals surface area contributed by atoms with E-state index >= 15 is 0 Å². The fourth-order valence-electron chi connectivity index (χ4n) is 4.23. The van der Waals surface area contributed by atoms with Crippen molar-refractivity contribution in [3.05, 3.63) is 76.1 Å². The lowest BCUT2D eigenvalue weighted by Crippen LogP contribution is -2.42. The van der Waals surface area contributed by atoms with Crippen LogP contribution in [0.5, 0.6) is 5.75 Å². The smallest absolute Gasteiger partial charge is 0.258 e. The van der Waals surface area contributed by atoms with Crippen LogP contribution in [-0.2, 0) is 6.54 Å². The summed E-state index contributed by atoms with van der Waals surface area (Å²) in [4.78, 5) is 31.1. The zero-order valence-electron chi connectivity index (χ0n) is 16.7. The van der Waals surface area contributed by atoms with Crippen LogP contribution in [0.3, 0.4) is 0 Å². The van der Waals surface area contributed by atoms with Crippen LogP contribution in [-0.4, -0.2) is 28.9 Å². The number of H-pyrrole nitrogens is 1. The van der Waals surface area contributed by atoms with Gasteiger partial charge in [0.2, 0.25) is 0 Å². The lowest BCUT2D eigenvalue weighted by Gasteiger charge is -2.34. The first-order valence-corrected chi connectivity index (χ1v) is 10.2. The molecule has 1 saturated carbocycles. The first-order chi connectivity index (χ1) is 14.2. The van der Waals surface area contributed by atoms with Gasteiger partial charge in [0, 0.05) is 17.1 Å². The van der Waals surface area contributed by atoms with Gasteiger partial charge in [-0.1, -0.05) is 49.6 Å². The van der Waals surface area contributed by atoms with Crippen molar-refractivity contribution in [1.82, 2.24) is 9.88 Å². The molecule has 1 aliphatic rings. The zero-order valence-corrected chi connectivity index (χ0v) is 16.7. The summed E-state index contributed by atoms with van der Waals surface area (Å²) in [7, 11) is 1.57. The topological polar surface area (TPSA) is 62.4 Å². The Morgan fingerprint density at radius 1 is 1.07 bits per heavy atom. The third-order valence-electron chi connectivity index (χ3n) is 5.78. The van der Waals surface area contributed by atoms with E-state index in [0.717, 1.165) is 36.6 Å². The Bertz CT molecular complexity index is 1070. The second kappa shape index (κ2) is 8.52. The van der Waals surface area contributed by atoms with E-state index in [4.69, 9.17) is 4.74 Å². The lowest BCUT2D eigenvalue weighted by atomic mass is 9.93. The van der Waals surface area contributed by atoms with E-state index in [1.807, 2.05) is 47.4 Å². The number of aromatic amines is 1. The minimum atomic E-state index is -0.141. The number of para-hydroxylation sites is 2. The monoisotopic (exact) mass is 390 g/mol. The average molecular weight is 390 g/mol. The summed E-state index contributed by atoms with van der Waals surface area (Å²) in [5.74, 6) is 0.479. The average Bonchev–Trinajstić information content (AvgIpc) is 2.77. The third-order valence-corrected chi connectivity index (χ3v) is 5.78. The molecule has 1 amide bonds. The minimum absolute atomic E-state index is 0.0816. The van der Waals surface area contributed by atoms with Crippen molar-refractivity contribution in [3.63, 3.8) is 0 Å². The molecule has 5 nitrogen and oxygen atoms in total. The Morgan fingerprint density at radius 3 is 2.59 bits per heavy atom. The summed E-state index contributed by atoms with van der Waals surface area (Å²) in [5.41, 5.74) is 1.81. The number of pyridine rings is 1. The number of fused-ring (bicyclic) bond motifs is 1. The quantitative estimate of drug-likeness (QED) is 0.697. The molecule has 0 saturated heterocycles. The number of rotatable bonds is 5. The fourth-order valence-corrected chi connectivity index (χ4v) is 4.23. The van der Waals surface area contributed by atoms with Crippen LogP contribution in [0.15, 0.2) is 59.4 Å². The number of amides is 1. The molecule has 150 valence electrons. The molecule has 0 bridgehead atoms. The molecule has 0 atom stereocenters. The zero-order chi connectivity index (χ0) is 20.2. The maximum absolute atomic E-state index is 13.5. The van der Waals surface area contributed by atoms with Crippen LogP contribution in [0.2, 0.25) is 0 Å². The number of hydrogen-bond acceptors (Lipinski definition) is 3. The second-order valence-corrected chi connectivity index (χ2v) is 7.64. The third kappa shape index (κ3) is 4.04. The van der Waals surface area contributed by atoms with Crippen LogP contribution < -0.4 is 10.3 Å². The summed E-state index contributed by atoms with van der Waals surface area (Å²) < 4.78 is 5.42. The van der Waals surface area contributed by atoms with Gasteiger partial charge in [0.05, 0.1) is 19.2 Å². The van der Waals surface area contributed by atoms with Gasteiger partial charge >= 0.3 is 0 Å². The van der Waals surface area contributed by atoms with Crippen molar-refractivity contribution in [2.75, 3.05) is 7.11 Å². The van der Waals surface area contributed by atoms with Crippen molar-refractivity contribution < 1.29 is 9.53 Å². The van der Waals surface area contributed by atoms with E-state index in [1.54, 1.807) is 19.2 Å². The van der Waals surface area contributed by atoms with Gasteiger partial charge in [0.1, 0.15) is 5.75 Å². The van der Waals surface area contributed by atoms with Crippen LogP contribution in [0.4, 0.5) is 0 Å². The normalized spacial score (nSPS) is 14.7. The fraction of sp³-hybridized carbons (Fsp3) is 0.333. The molecule has 1 aliphatic carbocycles. The molecular weight excluding hydrogens is 364 g/mol. The molecule has 1 heterocycles. The molecule has 0 aliphatic heterocycles. The molecule has 1 N–H and O–H groups in total. The molecule has 3 aromatic rings. The molecular formula is C24H26N2O3. The summed E-state index contributed by atoms with van der Waals surface area (Å²) in [6, 6.07) is 17.0. The largest absolute Gasteiger partial charge is 0.496 e. The Labute approximate surface area is 170 Å². The second-order valence-electron chi connectivity index (χ2n) is 7.64. The van der Waals surface area contributed by atoms with E-state index in [2.05, 4.69) is 4.98 Å². The molecule has 5 heteroatoms. The maximum atomic E-state index is 13.5. The molecule has 1 fully saturated rings. The van der Waals surface area contributed by atoms with Gasteiger partial charge in [-0.2, -0.15) is 0 Å². The maximum Gasteiger partial charge on any atom is 0.258 e. The number of ether oxygens (including phenoxy) is 1. The Morgan fingerprint density at radius 2 is 1.79 bits per heavy atom. The number of carbonyl (C=O) groups is 1. The number of methoxy groups -OCH3 is 1. The van der Waals surface area contributed by atoms with Gasteiger partial charge in [-0.25, -0.2) is 0 Å². The van der Waals surface area contributed by atoms with Gasteiger partial charge in [0.25, 0.3) is 11.5 Å². The van der Waals surface area contributed by atoms with Crippen LogP contribution in [0.25, 0.3) is 10.9 Å². The highest BCUT2D eigenvalue weighted by Crippen LogP contribution is 2.28. The van der Waals surface area contributed by atoms with Crippen molar-refractivity contribution in [2.45, 2.75) is 44.7 Å².